The maximum atomic E-state index is 13.8. The van der Waals surface area contributed by atoms with E-state index in [0.29, 0.717) is 0 Å². The van der Waals surface area contributed by atoms with Gasteiger partial charge in [0, 0.05) is 23.5 Å². The largest absolute Gasteiger partial charge is 0.480 e. The first-order chi connectivity index (χ1) is 12.0. The van der Waals surface area contributed by atoms with Crippen LogP contribution in [0.2, 0.25) is 5.02 Å². The van der Waals surface area contributed by atoms with Crippen LogP contribution in [0.3, 0.4) is 0 Å². The van der Waals surface area contributed by atoms with Crippen LogP contribution in [-0.2, 0) is 11.2 Å². The van der Waals surface area contributed by atoms with E-state index in [1.54, 1.807) is 6.20 Å². The predicted molar refractivity (Wildman–Crippen MR) is 92.3 cm³/mol. The van der Waals surface area contributed by atoms with Gasteiger partial charge in [-0.3, -0.25) is 4.79 Å². The SMILES string of the molecule is O=C(N[C@@H](Cc1c[nH]c2ccccc12)C(=O)O)c1c(F)cccc1Cl. The molecule has 2 aromatic carbocycles. The molecule has 0 aliphatic carbocycles. The summed E-state index contributed by atoms with van der Waals surface area (Å²) in [7, 11) is 0. The summed E-state index contributed by atoms with van der Waals surface area (Å²) in [5.74, 6) is -2.89. The lowest BCUT2D eigenvalue weighted by Crippen LogP contribution is -2.42. The number of carbonyl (C=O) groups is 2. The van der Waals surface area contributed by atoms with Crippen molar-refractivity contribution in [3.8, 4) is 0 Å². The summed E-state index contributed by atoms with van der Waals surface area (Å²) in [6, 6.07) is 10.0. The molecule has 5 nitrogen and oxygen atoms in total. The normalized spacial score (nSPS) is 12.1. The summed E-state index contributed by atoms with van der Waals surface area (Å²) in [6.45, 7) is 0. The minimum atomic E-state index is -1.22. The second kappa shape index (κ2) is 6.94. The number of aromatic nitrogens is 1. The number of H-pyrrole nitrogens is 1. The first-order valence-corrected chi connectivity index (χ1v) is 7.88. The molecule has 0 fully saturated rings. The number of carbonyl (C=O) groups excluding carboxylic acids is 1. The summed E-state index contributed by atoms with van der Waals surface area (Å²) < 4.78 is 13.8. The van der Waals surface area contributed by atoms with Crippen LogP contribution in [0.5, 0.6) is 0 Å². The lowest BCUT2D eigenvalue weighted by atomic mass is 10.0. The number of aromatic amines is 1. The fourth-order valence-electron chi connectivity index (χ4n) is 2.67. The van der Waals surface area contributed by atoms with Gasteiger partial charge in [0.2, 0.25) is 0 Å². The molecule has 1 aromatic heterocycles. The number of carboxylic acid groups (broad SMARTS) is 1. The highest BCUT2D eigenvalue weighted by Gasteiger charge is 2.25. The topological polar surface area (TPSA) is 82.2 Å². The molecule has 0 spiro atoms. The quantitative estimate of drug-likeness (QED) is 0.652. The average molecular weight is 361 g/mol. The Hall–Kier alpha value is -2.86. The smallest absolute Gasteiger partial charge is 0.326 e. The number of amides is 1. The van der Waals surface area contributed by atoms with Crippen molar-refractivity contribution in [2.75, 3.05) is 0 Å². The van der Waals surface area contributed by atoms with Crippen LogP contribution < -0.4 is 5.32 Å². The van der Waals surface area contributed by atoms with Gasteiger partial charge in [-0.15, -0.1) is 0 Å². The van der Waals surface area contributed by atoms with Crippen molar-refractivity contribution in [3.05, 3.63) is 70.6 Å². The Balaban J connectivity index is 1.85. The van der Waals surface area contributed by atoms with Crippen molar-refractivity contribution < 1.29 is 19.1 Å². The monoisotopic (exact) mass is 360 g/mol. The van der Waals surface area contributed by atoms with Gasteiger partial charge in [-0.1, -0.05) is 35.9 Å². The summed E-state index contributed by atoms with van der Waals surface area (Å²) in [6.07, 6.45) is 1.75. The Labute approximate surface area is 147 Å². The van der Waals surface area contributed by atoms with Crippen molar-refractivity contribution in [2.45, 2.75) is 12.5 Å². The number of fused-ring (bicyclic) bond motifs is 1. The Kier molecular flexibility index (Phi) is 4.72. The number of para-hydroxylation sites is 1. The van der Waals surface area contributed by atoms with Crippen LogP contribution in [0.25, 0.3) is 10.9 Å². The van der Waals surface area contributed by atoms with E-state index < -0.39 is 23.7 Å². The number of benzene rings is 2. The number of carboxylic acids is 1. The van der Waals surface area contributed by atoms with Crippen LogP contribution >= 0.6 is 11.6 Å². The number of halogens is 2. The van der Waals surface area contributed by atoms with Crippen LogP contribution in [0.1, 0.15) is 15.9 Å². The zero-order chi connectivity index (χ0) is 18.0. The van der Waals surface area contributed by atoms with E-state index in [4.69, 9.17) is 11.6 Å². The molecule has 7 heteroatoms. The van der Waals surface area contributed by atoms with Crippen molar-refractivity contribution >= 4 is 34.4 Å². The molecule has 1 atom stereocenters. The standard InChI is InChI=1S/C18H14ClFN2O3/c19-12-5-3-6-13(20)16(12)17(23)22-15(18(24)25)8-10-9-21-14-7-2-1-4-11(10)14/h1-7,9,15,21H,8H2,(H,22,23)(H,24,25)/t15-/m0/s1. The summed E-state index contributed by atoms with van der Waals surface area (Å²) in [5.41, 5.74) is 1.24. The molecule has 1 amide bonds. The van der Waals surface area contributed by atoms with Gasteiger partial charge < -0.3 is 15.4 Å². The van der Waals surface area contributed by atoms with Crippen LogP contribution in [0, 0.1) is 5.82 Å². The maximum absolute atomic E-state index is 13.8. The fourth-order valence-corrected chi connectivity index (χ4v) is 2.91. The number of rotatable bonds is 5. The molecule has 0 saturated heterocycles. The van der Waals surface area contributed by atoms with Crippen molar-refractivity contribution in [1.82, 2.24) is 10.3 Å². The van der Waals surface area contributed by atoms with E-state index in [0.717, 1.165) is 22.5 Å². The Morgan fingerprint density at radius 1 is 1.20 bits per heavy atom. The summed E-state index contributed by atoms with van der Waals surface area (Å²) in [4.78, 5) is 26.9. The Bertz CT molecular complexity index is 934. The minimum Gasteiger partial charge on any atom is -0.480 e. The Morgan fingerprint density at radius 2 is 1.96 bits per heavy atom. The molecule has 0 aliphatic rings. The first kappa shape index (κ1) is 17.0. The molecule has 0 radical (unpaired) electrons. The molecule has 0 saturated carbocycles. The summed E-state index contributed by atoms with van der Waals surface area (Å²) in [5, 5.41) is 12.6. The molecule has 0 bridgehead atoms. The van der Waals surface area contributed by atoms with E-state index >= 15 is 0 Å². The second-order valence-electron chi connectivity index (χ2n) is 5.52. The van der Waals surface area contributed by atoms with Crippen molar-refractivity contribution in [3.63, 3.8) is 0 Å². The second-order valence-corrected chi connectivity index (χ2v) is 5.93. The number of hydrogen-bond donors (Lipinski definition) is 3. The van der Waals surface area contributed by atoms with Gasteiger partial charge in [0.15, 0.2) is 0 Å². The number of nitrogens with one attached hydrogen (secondary N) is 2. The molecule has 25 heavy (non-hydrogen) atoms. The molecule has 0 aliphatic heterocycles. The van der Waals surface area contributed by atoms with E-state index in [1.807, 2.05) is 24.3 Å². The van der Waals surface area contributed by atoms with Gasteiger partial charge in [0.25, 0.3) is 5.91 Å². The highest BCUT2D eigenvalue weighted by molar-refractivity contribution is 6.33. The van der Waals surface area contributed by atoms with Crippen LogP contribution in [-0.4, -0.2) is 28.0 Å². The summed E-state index contributed by atoms with van der Waals surface area (Å²) >= 11 is 5.86. The predicted octanol–water partition coefficient (Wildman–Crippen LogP) is 3.39. The fraction of sp³-hybridized carbons (Fsp3) is 0.111. The van der Waals surface area contributed by atoms with Gasteiger partial charge in [0.05, 0.1) is 10.6 Å². The third-order valence-electron chi connectivity index (χ3n) is 3.89. The molecular formula is C18H14ClFN2O3. The van der Waals surface area contributed by atoms with Crippen molar-refractivity contribution in [1.29, 1.82) is 0 Å². The van der Waals surface area contributed by atoms with Gasteiger partial charge in [0.1, 0.15) is 11.9 Å². The molecular weight excluding hydrogens is 347 g/mol. The molecule has 3 N–H and O–H groups in total. The van der Waals surface area contributed by atoms with Gasteiger partial charge in [-0.05, 0) is 23.8 Å². The molecule has 128 valence electrons. The van der Waals surface area contributed by atoms with Gasteiger partial charge >= 0.3 is 5.97 Å². The minimum absolute atomic E-state index is 0.0527. The number of hydrogen-bond acceptors (Lipinski definition) is 2. The van der Waals surface area contributed by atoms with E-state index in [2.05, 4.69) is 10.3 Å². The molecule has 3 aromatic rings. The van der Waals surface area contributed by atoms with Crippen LogP contribution in [0.15, 0.2) is 48.7 Å². The van der Waals surface area contributed by atoms with E-state index in [1.165, 1.54) is 12.1 Å². The van der Waals surface area contributed by atoms with Crippen LogP contribution in [0.4, 0.5) is 4.39 Å². The van der Waals surface area contributed by atoms with Gasteiger partial charge in [-0.25, -0.2) is 9.18 Å². The van der Waals surface area contributed by atoms with Gasteiger partial charge in [-0.2, -0.15) is 0 Å². The maximum Gasteiger partial charge on any atom is 0.326 e. The molecule has 3 rings (SSSR count). The Morgan fingerprint density at radius 3 is 2.68 bits per heavy atom. The average Bonchev–Trinajstić information content (AvgIpc) is 2.97. The molecule has 1 heterocycles. The third-order valence-corrected chi connectivity index (χ3v) is 4.21. The lowest BCUT2D eigenvalue weighted by Gasteiger charge is -2.15. The van der Waals surface area contributed by atoms with E-state index in [9.17, 15) is 19.1 Å². The van der Waals surface area contributed by atoms with E-state index in [-0.39, 0.29) is 17.0 Å². The highest BCUT2D eigenvalue weighted by Crippen LogP contribution is 2.21. The zero-order valence-corrected chi connectivity index (χ0v) is 13.7. The first-order valence-electron chi connectivity index (χ1n) is 7.50. The highest BCUT2D eigenvalue weighted by atomic mass is 35.5. The van der Waals surface area contributed by atoms with Crippen molar-refractivity contribution in [2.24, 2.45) is 0 Å². The zero-order valence-electron chi connectivity index (χ0n) is 12.9. The number of aliphatic carboxylic acids is 1. The third kappa shape index (κ3) is 3.49. The lowest BCUT2D eigenvalue weighted by molar-refractivity contribution is -0.139. The molecule has 0 unspecified atom stereocenters.